The first-order chi connectivity index (χ1) is 10.6. The number of aliphatic hydroxyl groups excluding tert-OH is 1. The average Bonchev–Trinajstić information content (AvgIpc) is 2.92. The van der Waals surface area contributed by atoms with Crippen LogP contribution in [-0.4, -0.2) is 27.4 Å². The van der Waals surface area contributed by atoms with Gasteiger partial charge < -0.3 is 14.4 Å². The highest BCUT2D eigenvalue weighted by Crippen LogP contribution is 2.17. The minimum absolute atomic E-state index is 0.259. The second kappa shape index (κ2) is 6.20. The van der Waals surface area contributed by atoms with Crippen LogP contribution < -0.4 is 4.74 Å². The predicted octanol–water partition coefficient (Wildman–Crippen LogP) is 3.09. The highest BCUT2D eigenvalue weighted by molar-refractivity contribution is 5.74. The van der Waals surface area contributed by atoms with Crippen molar-refractivity contribution in [2.75, 3.05) is 6.61 Å². The molecule has 0 aliphatic carbocycles. The highest BCUT2D eigenvalue weighted by atomic mass is 16.5. The lowest BCUT2D eigenvalue weighted by molar-refractivity contribution is 0.0934. The van der Waals surface area contributed by atoms with Crippen LogP contribution in [-0.2, 0) is 6.54 Å². The fourth-order valence-corrected chi connectivity index (χ4v) is 2.43. The van der Waals surface area contributed by atoms with Crippen LogP contribution in [0.15, 0.2) is 48.8 Å². The lowest BCUT2D eigenvalue weighted by Crippen LogP contribution is -2.23. The van der Waals surface area contributed by atoms with Crippen LogP contribution in [0.5, 0.6) is 5.75 Å². The largest absolute Gasteiger partial charge is 0.491 e. The van der Waals surface area contributed by atoms with Gasteiger partial charge in [-0.1, -0.05) is 18.2 Å². The molecule has 0 saturated carbocycles. The zero-order chi connectivity index (χ0) is 15.5. The number of ether oxygens (including phenoxy) is 1. The summed E-state index contributed by atoms with van der Waals surface area (Å²) < 4.78 is 7.63. The molecule has 4 nitrogen and oxygen atoms in total. The van der Waals surface area contributed by atoms with Gasteiger partial charge in [0.15, 0.2) is 0 Å². The molecule has 4 heteroatoms. The first kappa shape index (κ1) is 14.6. The van der Waals surface area contributed by atoms with Crippen LogP contribution in [0.1, 0.15) is 11.1 Å². The molecule has 0 aliphatic heterocycles. The molecular formula is C18H20N2O2. The zero-order valence-electron chi connectivity index (χ0n) is 12.9. The molecule has 1 N–H and O–H groups in total. The summed E-state index contributed by atoms with van der Waals surface area (Å²) in [7, 11) is 0. The molecule has 3 aromatic rings. The van der Waals surface area contributed by atoms with E-state index in [0.29, 0.717) is 6.54 Å². The van der Waals surface area contributed by atoms with Crippen molar-refractivity contribution < 1.29 is 9.84 Å². The fourth-order valence-electron chi connectivity index (χ4n) is 2.43. The quantitative estimate of drug-likeness (QED) is 0.787. The number of aryl methyl sites for hydroxylation is 2. The number of aromatic nitrogens is 2. The second-order valence-corrected chi connectivity index (χ2v) is 5.60. The van der Waals surface area contributed by atoms with Crippen LogP contribution in [0.4, 0.5) is 0 Å². The second-order valence-electron chi connectivity index (χ2n) is 5.60. The molecule has 0 aliphatic rings. The molecule has 0 radical (unpaired) electrons. The first-order valence-corrected chi connectivity index (χ1v) is 7.41. The van der Waals surface area contributed by atoms with E-state index in [4.69, 9.17) is 4.74 Å². The standard InChI is InChI=1S/C18H20N2O2/c1-13-7-8-16(9-14(13)2)22-11-15(21)10-20-12-19-17-5-3-4-6-18(17)20/h3-9,12,15,21H,10-11H2,1-2H3. The average molecular weight is 296 g/mol. The van der Waals surface area contributed by atoms with Crippen molar-refractivity contribution >= 4 is 11.0 Å². The molecule has 1 atom stereocenters. The van der Waals surface area contributed by atoms with Gasteiger partial charge in [0.05, 0.1) is 23.9 Å². The van der Waals surface area contributed by atoms with E-state index >= 15 is 0 Å². The molecule has 0 bridgehead atoms. The monoisotopic (exact) mass is 296 g/mol. The minimum Gasteiger partial charge on any atom is -0.491 e. The van der Waals surface area contributed by atoms with Crippen molar-refractivity contribution in [3.05, 3.63) is 59.9 Å². The van der Waals surface area contributed by atoms with E-state index in [0.717, 1.165) is 16.8 Å². The molecule has 22 heavy (non-hydrogen) atoms. The third kappa shape index (κ3) is 3.12. The molecule has 3 rings (SSSR count). The van der Waals surface area contributed by atoms with Crippen molar-refractivity contribution in [1.82, 2.24) is 9.55 Å². The Bertz CT molecular complexity index is 780. The normalized spacial score (nSPS) is 12.5. The lowest BCUT2D eigenvalue weighted by atomic mass is 10.1. The number of hydrogen-bond donors (Lipinski definition) is 1. The van der Waals surface area contributed by atoms with Gasteiger partial charge in [-0.05, 0) is 49.2 Å². The Morgan fingerprint density at radius 1 is 1.14 bits per heavy atom. The molecule has 0 fully saturated rings. The number of rotatable bonds is 5. The van der Waals surface area contributed by atoms with Crippen LogP contribution in [0, 0.1) is 13.8 Å². The summed E-state index contributed by atoms with van der Waals surface area (Å²) in [6, 6.07) is 13.8. The highest BCUT2D eigenvalue weighted by Gasteiger charge is 2.09. The maximum absolute atomic E-state index is 10.2. The van der Waals surface area contributed by atoms with Crippen molar-refractivity contribution in [2.24, 2.45) is 0 Å². The van der Waals surface area contributed by atoms with E-state index < -0.39 is 6.10 Å². The molecule has 2 aromatic carbocycles. The van der Waals surface area contributed by atoms with Gasteiger partial charge in [0.2, 0.25) is 0 Å². The van der Waals surface area contributed by atoms with E-state index in [9.17, 15) is 5.11 Å². The summed E-state index contributed by atoms with van der Waals surface area (Å²) in [6.45, 7) is 4.84. The van der Waals surface area contributed by atoms with Gasteiger partial charge in [-0.3, -0.25) is 0 Å². The van der Waals surface area contributed by atoms with Gasteiger partial charge in [0.1, 0.15) is 18.5 Å². The summed E-state index contributed by atoms with van der Waals surface area (Å²) in [5.74, 6) is 0.789. The van der Waals surface area contributed by atoms with Crippen molar-refractivity contribution in [3.63, 3.8) is 0 Å². The van der Waals surface area contributed by atoms with Gasteiger partial charge in [-0.2, -0.15) is 0 Å². The van der Waals surface area contributed by atoms with Crippen LogP contribution in [0.25, 0.3) is 11.0 Å². The van der Waals surface area contributed by atoms with Gasteiger partial charge in [-0.15, -0.1) is 0 Å². The number of para-hydroxylation sites is 2. The zero-order valence-corrected chi connectivity index (χ0v) is 12.9. The Labute approximate surface area is 130 Å². The van der Waals surface area contributed by atoms with E-state index in [1.54, 1.807) is 6.33 Å². The Hall–Kier alpha value is -2.33. The van der Waals surface area contributed by atoms with E-state index in [1.165, 1.54) is 11.1 Å². The number of hydrogen-bond acceptors (Lipinski definition) is 3. The smallest absolute Gasteiger partial charge is 0.119 e. The Morgan fingerprint density at radius 2 is 1.95 bits per heavy atom. The maximum atomic E-state index is 10.2. The molecule has 0 amide bonds. The Morgan fingerprint density at radius 3 is 2.77 bits per heavy atom. The number of benzene rings is 2. The summed E-state index contributed by atoms with van der Waals surface area (Å²) in [4.78, 5) is 4.32. The van der Waals surface area contributed by atoms with Gasteiger partial charge in [0.25, 0.3) is 0 Å². The number of imidazole rings is 1. The third-order valence-corrected chi connectivity index (χ3v) is 3.86. The SMILES string of the molecule is Cc1ccc(OCC(O)Cn2cnc3ccccc32)cc1C. The summed E-state index contributed by atoms with van der Waals surface area (Å²) >= 11 is 0. The molecule has 1 unspecified atom stereocenters. The topological polar surface area (TPSA) is 47.3 Å². The summed E-state index contributed by atoms with van der Waals surface area (Å²) in [5, 5.41) is 10.2. The van der Waals surface area contributed by atoms with E-state index in [1.807, 2.05) is 47.0 Å². The molecule has 0 saturated heterocycles. The summed E-state index contributed by atoms with van der Waals surface area (Å²) in [5.41, 5.74) is 4.38. The van der Waals surface area contributed by atoms with Crippen LogP contribution in [0.3, 0.4) is 0 Å². The molecule has 1 aromatic heterocycles. The Kier molecular flexibility index (Phi) is 4.11. The van der Waals surface area contributed by atoms with E-state index in [-0.39, 0.29) is 6.61 Å². The van der Waals surface area contributed by atoms with Crippen LogP contribution in [0.2, 0.25) is 0 Å². The van der Waals surface area contributed by atoms with Gasteiger partial charge in [-0.25, -0.2) is 4.98 Å². The predicted molar refractivity (Wildman–Crippen MR) is 87.2 cm³/mol. The Balaban J connectivity index is 1.62. The van der Waals surface area contributed by atoms with Crippen molar-refractivity contribution in [3.8, 4) is 5.75 Å². The van der Waals surface area contributed by atoms with Gasteiger partial charge in [0, 0.05) is 0 Å². The summed E-state index contributed by atoms with van der Waals surface area (Å²) in [6.07, 6.45) is 1.17. The van der Waals surface area contributed by atoms with Crippen LogP contribution >= 0.6 is 0 Å². The fraction of sp³-hybridized carbons (Fsp3) is 0.278. The molecular weight excluding hydrogens is 276 g/mol. The van der Waals surface area contributed by atoms with Gasteiger partial charge >= 0.3 is 0 Å². The first-order valence-electron chi connectivity index (χ1n) is 7.41. The van der Waals surface area contributed by atoms with Crippen molar-refractivity contribution in [1.29, 1.82) is 0 Å². The van der Waals surface area contributed by atoms with Crippen molar-refractivity contribution in [2.45, 2.75) is 26.5 Å². The molecule has 1 heterocycles. The molecule has 114 valence electrons. The number of nitrogens with zero attached hydrogens (tertiary/aromatic N) is 2. The number of aliphatic hydroxyl groups is 1. The van der Waals surface area contributed by atoms with E-state index in [2.05, 4.69) is 18.8 Å². The lowest BCUT2D eigenvalue weighted by Gasteiger charge is -2.14. The third-order valence-electron chi connectivity index (χ3n) is 3.86. The minimum atomic E-state index is -0.584. The number of fused-ring (bicyclic) bond motifs is 1. The maximum Gasteiger partial charge on any atom is 0.119 e. The molecule has 0 spiro atoms.